The molecule has 0 aliphatic rings. The van der Waals surface area contributed by atoms with Crippen LogP contribution >= 0.6 is 11.8 Å². The molecule has 0 fully saturated rings. The molecule has 24 heavy (non-hydrogen) atoms. The molecule has 0 N–H and O–H groups in total. The van der Waals surface area contributed by atoms with E-state index in [-0.39, 0.29) is 0 Å². The topological polar surface area (TPSA) is 3.24 Å². The molecule has 0 saturated carbocycles. The molecule has 0 aliphatic heterocycles. The summed E-state index contributed by atoms with van der Waals surface area (Å²) < 4.78 is 0. The van der Waals surface area contributed by atoms with Crippen molar-refractivity contribution in [3.05, 3.63) is 60.2 Å². The summed E-state index contributed by atoms with van der Waals surface area (Å²) >= 11 is 1.80. The van der Waals surface area contributed by atoms with Gasteiger partial charge in [-0.05, 0) is 56.1 Å². The van der Waals surface area contributed by atoms with Crippen molar-refractivity contribution < 1.29 is 0 Å². The summed E-state index contributed by atoms with van der Waals surface area (Å²) in [6, 6.07) is 4.58. The third-order valence-corrected chi connectivity index (χ3v) is 5.11. The van der Waals surface area contributed by atoms with E-state index in [1.165, 1.54) is 21.6 Å². The first-order valence-electron chi connectivity index (χ1n) is 8.69. The molecule has 1 aromatic carbocycles. The Bertz CT molecular complexity index is 598. The Kier molecular flexibility index (Phi) is 8.41. The van der Waals surface area contributed by atoms with E-state index in [1.54, 1.807) is 11.8 Å². The van der Waals surface area contributed by atoms with Crippen molar-refractivity contribution >= 4 is 17.5 Å². The van der Waals surface area contributed by atoms with Crippen LogP contribution in [0.2, 0.25) is 0 Å². The zero-order valence-electron chi connectivity index (χ0n) is 16.1. The summed E-state index contributed by atoms with van der Waals surface area (Å²) in [5.41, 5.74) is 6.17. The highest BCUT2D eigenvalue weighted by molar-refractivity contribution is 7.98. The van der Waals surface area contributed by atoms with Crippen LogP contribution in [-0.2, 0) is 0 Å². The van der Waals surface area contributed by atoms with Crippen LogP contribution < -0.4 is 0 Å². The maximum atomic E-state index is 4.44. The van der Waals surface area contributed by atoms with E-state index in [0.717, 1.165) is 37.2 Å². The molecule has 0 aliphatic carbocycles. The van der Waals surface area contributed by atoms with Crippen LogP contribution in [0.3, 0.4) is 0 Å². The number of nitrogens with zero attached hydrogens (tertiary/aromatic N) is 1. The average Bonchev–Trinajstić information content (AvgIpc) is 2.52. The monoisotopic (exact) mass is 343 g/mol. The predicted octanol–water partition coefficient (Wildman–Crippen LogP) is 6.48. The molecule has 0 saturated heterocycles. The molecule has 1 rings (SSSR count). The number of aryl methyl sites for hydroxylation is 2. The largest absolute Gasteiger partial charge is 0.371 e. The first kappa shape index (κ1) is 20.6. The average molecular weight is 344 g/mol. The van der Waals surface area contributed by atoms with Crippen molar-refractivity contribution in [3.8, 4) is 0 Å². The fraction of sp³-hybridized carbons (Fsp3) is 0.455. The van der Waals surface area contributed by atoms with Crippen LogP contribution in [0, 0.1) is 19.8 Å². The van der Waals surface area contributed by atoms with E-state index in [0.29, 0.717) is 5.92 Å². The molecule has 0 spiro atoms. The van der Waals surface area contributed by atoms with Crippen molar-refractivity contribution in [1.82, 2.24) is 4.90 Å². The Morgan fingerprint density at radius 2 is 1.88 bits per heavy atom. The highest BCUT2D eigenvalue weighted by atomic mass is 32.2. The molecule has 0 radical (unpaired) electrons. The van der Waals surface area contributed by atoms with E-state index < -0.39 is 0 Å². The second-order valence-corrected chi connectivity index (χ2v) is 7.74. The summed E-state index contributed by atoms with van der Waals surface area (Å²) in [4.78, 5) is 3.77. The van der Waals surface area contributed by atoms with Crippen LogP contribution in [0.15, 0.2) is 48.4 Å². The lowest BCUT2D eigenvalue weighted by molar-refractivity contribution is 0.344. The summed E-state index contributed by atoms with van der Waals surface area (Å²) in [6.45, 7) is 23.2. The van der Waals surface area contributed by atoms with Crippen molar-refractivity contribution in [1.29, 1.82) is 0 Å². The van der Waals surface area contributed by atoms with Gasteiger partial charge in [-0.25, -0.2) is 0 Å². The Balaban J connectivity index is 2.98. The van der Waals surface area contributed by atoms with Gasteiger partial charge in [0, 0.05) is 29.2 Å². The Morgan fingerprint density at radius 1 is 1.21 bits per heavy atom. The molecular weight excluding hydrogens is 310 g/mol. The van der Waals surface area contributed by atoms with Crippen LogP contribution in [0.5, 0.6) is 0 Å². The normalized spacial score (nSPS) is 10.8. The zero-order valence-corrected chi connectivity index (χ0v) is 16.9. The van der Waals surface area contributed by atoms with E-state index in [4.69, 9.17) is 0 Å². The third kappa shape index (κ3) is 5.90. The SMILES string of the molecule is C=CC(=C)CCCN(CC(C)C)C(=C)c1cc(SC)c(C)cc1C. The van der Waals surface area contributed by atoms with Crippen LogP contribution in [0.25, 0.3) is 5.70 Å². The van der Waals surface area contributed by atoms with Crippen molar-refractivity contribution in [2.45, 2.75) is 45.4 Å². The lowest BCUT2D eigenvalue weighted by Crippen LogP contribution is -2.27. The molecule has 0 heterocycles. The molecule has 0 amide bonds. The van der Waals surface area contributed by atoms with Gasteiger partial charge in [0.2, 0.25) is 0 Å². The van der Waals surface area contributed by atoms with Gasteiger partial charge in [0.25, 0.3) is 0 Å². The van der Waals surface area contributed by atoms with Gasteiger partial charge in [0.05, 0.1) is 0 Å². The second kappa shape index (κ2) is 9.78. The Hall–Kier alpha value is -1.41. The van der Waals surface area contributed by atoms with E-state index in [1.807, 2.05) is 6.08 Å². The Labute approximate surface area is 153 Å². The van der Waals surface area contributed by atoms with Crippen molar-refractivity contribution in [2.24, 2.45) is 5.92 Å². The van der Waals surface area contributed by atoms with E-state index in [2.05, 4.69) is 70.7 Å². The van der Waals surface area contributed by atoms with Gasteiger partial charge in [-0.3, -0.25) is 0 Å². The molecule has 0 bridgehead atoms. The summed E-state index contributed by atoms with van der Waals surface area (Å²) in [5, 5.41) is 0. The van der Waals surface area contributed by atoms with Gasteiger partial charge in [0.15, 0.2) is 0 Å². The van der Waals surface area contributed by atoms with Crippen molar-refractivity contribution in [3.63, 3.8) is 0 Å². The minimum absolute atomic E-state index is 0.607. The first-order valence-corrected chi connectivity index (χ1v) is 9.92. The lowest BCUT2D eigenvalue weighted by Gasteiger charge is -2.30. The summed E-state index contributed by atoms with van der Waals surface area (Å²) in [7, 11) is 0. The molecule has 0 aromatic heterocycles. The van der Waals surface area contributed by atoms with E-state index in [9.17, 15) is 0 Å². The molecule has 1 nitrogen and oxygen atoms in total. The number of benzene rings is 1. The summed E-state index contributed by atoms with van der Waals surface area (Å²) in [6.07, 6.45) is 6.07. The van der Waals surface area contributed by atoms with Gasteiger partial charge in [-0.2, -0.15) is 0 Å². The molecule has 132 valence electrons. The maximum absolute atomic E-state index is 4.44. The smallest absolute Gasteiger partial charge is 0.0369 e. The number of allylic oxidation sites excluding steroid dienone is 2. The van der Waals surface area contributed by atoms with Gasteiger partial charge in [-0.1, -0.05) is 51.3 Å². The second-order valence-electron chi connectivity index (χ2n) is 6.89. The Morgan fingerprint density at radius 3 is 2.42 bits per heavy atom. The van der Waals surface area contributed by atoms with E-state index >= 15 is 0 Å². The standard InChI is InChI=1S/C22H33NS/c1-9-17(4)11-10-12-23(15-16(2)3)20(7)21-14-22(24-8)19(6)13-18(21)5/h9,13-14,16H,1,4,7,10-12,15H2,2-3,5-6,8H3. The number of thioether (sulfide) groups is 1. The first-order chi connectivity index (χ1) is 11.3. The predicted molar refractivity (Wildman–Crippen MR) is 112 cm³/mol. The van der Waals surface area contributed by atoms with Gasteiger partial charge in [0.1, 0.15) is 0 Å². The highest BCUT2D eigenvalue weighted by Gasteiger charge is 2.15. The molecule has 1 aromatic rings. The number of hydrogen-bond donors (Lipinski definition) is 0. The van der Waals surface area contributed by atoms with Crippen molar-refractivity contribution in [2.75, 3.05) is 19.3 Å². The molecular formula is C22H33NS. The quantitative estimate of drug-likeness (QED) is 0.353. The minimum Gasteiger partial charge on any atom is -0.371 e. The fourth-order valence-corrected chi connectivity index (χ4v) is 3.53. The maximum Gasteiger partial charge on any atom is 0.0369 e. The summed E-state index contributed by atoms with van der Waals surface area (Å²) in [5.74, 6) is 0.607. The van der Waals surface area contributed by atoms with Gasteiger partial charge >= 0.3 is 0 Å². The molecule has 0 atom stereocenters. The van der Waals surface area contributed by atoms with Gasteiger partial charge in [-0.15, -0.1) is 11.8 Å². The number of rotatable bonds is 10. The van der Waals surface area contributed by atoms with Crippen LogP contribution in [-0.4, -0.2) is 24.2 Å². The van der Waals surface area contributed by atoms with Gasteiger partial charge < -0.3 is 4.90 Å². The highest BCUT2D eigenvalue weighted by Crippen LogP contribution is 2.29. The third-order valence-electron chi connectivity index (χ3n) is 4.23. The molecule has 2 heteroatoms. The molecule has 0 unspecified atom stereocenters. The fourth-order valence-electron chi connectivity index (χ4n) is 2.91. The van der Waals surface area contributed by atoms with Crippen LogP contribution in [0.4, 0.5) is 0 Å². The lowest BCUT2D eigenvalue weighted by atomic mass is 10.0. The van der Waals surface area contributed by atoms with Crippen LogP contribution in [0.1, 0.15) is 43.4 Å². The number of hydrogen-bond acceptors (Lipinski definition) is 2. The zero-order chi connectivity index (χ0) is 18.3. The minimum atomic E-state index is 0.607.